The molecule has 0 aliphatic carbocycles. The van der Waals surface area contributed by atoms with E-state index in [0.717, 1.165) is 24.9 Å². The van der Waals surface area contributed by atoms with Crippen molar-refractivity contribution in [3.05, 3.63) is 35.9 Å². The van der Waals surface area contributed by atoms with Crippen molar-refractivity contribution in [3.8, 4) is 0 Å². The molecular weight excluding hydrogens is 296 g/mol. The Bertz CT molecular complexity index is 507. The minimum atomic E-state index is -0.790. The lowest BCUT2D eigenvalue weighted by Crippen LogP contribution is -2.41. The molecule has 2 rings (SSSR count). The van der Waals surface area contributed by atoms with Crippen molar-refractivity contribution in [2.24, 2.45) is 0 Å². The summed E-state index contributed by atoms with van der Waals surface area (Å²) < 4.78 is 5.21. The van der Waals surface area contributed by atoms with Crippen molar-refractivity contribution in [1.29, 1.82) is 0 Å². The predicted octanol–water partition coefficient (Wildman–Crippen LogP) is 1.26. The number of esters is 1. The maximum Gasteiger partial charge on any atom is 0.317 e. The summed E-state index contributed by atoms with van der Waals surface area (Å²) in [4.78, 5) is 24.4. The highest BCUT2D eigenvalue weighted by atomic mass is 16.5. The maximum absolute atomic E-state index is 11.7. The number of carboxylic acid groups (broad SMARTS) is 1. The highest BCUT2D eigenvalue weighted by molar-refractivity contribution is 5.69. The fraction of sp³-hybridized carbons (Fsp3) is 0.529. The number of rotatable bonds is 9. The summed E-state index contributed by atoms with van der Waals surface area (Å²) in [5.41, 5.74) is 0.976. The molecule has 1 aromatic rings. The van der Waals surface area contributed by atoms with E-state index in [1.807, 2.05) is 35.2 Å². The van der Waals surface area contributed by atoms with Crippen molar-refractivity contribution in [2.45, 2.75) is 31.9 Å². The van der Waals surface area contributed by atoms with Gasteiger partial charge in [0.25, 0.3) is 0 Å². The first-order valence-electron chi connectivity index (χ1n) is 8.01. The van der Waals surface area contributed by atoms with E-state index in [4.69, 9.17) is 9.84 Å². The Morgan fingerprint density at radius 3 is 2.83 bits per heavy atom. The van der Waals surface area contributed by atoms with E-state index in [0.29, 0.717) is 26.1 Å². The number of carboxylic acids is 1. The van der Waals surface area contributed by atoms with Crippen molar-refractivity contribution < 1.29 is 19.4 Å². The maximum atomic E-state index is 11.7. The summed E-state index contributed by atoms with van der Waals surface area (Å²) in [7, 11) is 0. The first-order valence-corrected chi connectivity index (χ1v) is 8.01. The van der Waals surface area contributed by atoms with Gasteiger partial charge in [-0.1, -0.05) is 30.3 Å². The summed E-state index contributed by atoms with van der Waals surface area (Å²) in [6, 6.07) is 9.83. The average Bonchev–Trinajstić information content (AvgIpc) is 2.97. The number of benzene rings is 1. The SMILES string of the molecule is O=C(O)CN1CCCC1CNCCC(=O)OCc1ccccc1. The van der Waals surface area contributed by atoms with Crippen LogP contribution < -0.4 is 5.32 Å². The predicted molar refractivity (Wildman–Crippen MR) is 86.0 cm³/mol. The zero-order valence-electron chi connectivity index (χ0n) is 13.2. The van der Waals surface area contributed by atoms with Crippen LogP contribution in [0.25, 0.3) is 0 Å². The van der Waals surface area contributed by atoms with Gasteiger partial charge in [-0.2, -0.15) is 0 Å². The van der Waals surface area contributed by atoms with Crippen LogP contribution in [0.3, 0.4) is 0 Å². The second-order valence-corrected chi connectivity index (χ2v) is 5.76. The van der Waals surface area contributed by atoms with Crippen molar-refractivity contribution >= 4 is 11.9 Å². The van der Waals surface area contributed by atoms with E-state index in [-0.39, 0.29) is 18.6 Å². The molecule has 126 valence electrons. The van der Waals surface area contributed by atoms with Gasteiger partial charge >= 0.3 is 11.9 Å². The molecule has 6 heteroatoms. The molecule has 1 aliphatic heterocycles. The third-order valence-corrected chi connectivity index (χ3v) is 3.97. The van der Waals surface area contributed by atoms with Crippen LogP contribution in [-0.2, 0) is 20.9 Å². The van der Waals surface area contributed by atoms with Gasteiger partial charge in [-0.3, -0.25) is 14.5 Å². The van der Waals surface area contributed by atoms with E-state index in [9.17, 15) is 9.59 Å². The Balaban J connectivity index is 1.57. The lowest BCUT2D eigenvalue weighted by Gasteiger charge is -2.22. The average molecular weight is 320 g/mol. The number of nitrogens with zero attached hydrogens (tertiary/aromatic N) is 1. The topological polar surface area (TPSA) is 78.9 Å². The van der Waals surface area contributed by atoms with Crippen LogP contribution in [0.15, 0.2) is 30.3 Å². The number of hydrogen-bond acceptors (Lipinski definition) is 5. The van der Waals surface area contributed by atoms with E-state index < -0.39 is 5.97 Å². The monoisotopic (exact) mass is 320 g/mol. The minimum absolute atomic E-state index is 0.0888. The molecule has 1 aliphatic rings. The molecule has 2 N–H and O–H groups in total. The van der Waals surface area contributed by atoms with Crippen molar-refractivity contribution in [1.82, 2.24) is 10.2 Å². The smallest absolute Gasteiger partial charge is 0.317 e. The third-order valence-electron chi connectivity index (χ3n) is 3.97. The Labute approximate surface area is 136 Å². The number of ether oxygens (including phenoxy) is 1. The number of aliphatic carboxylic acids is 1. The second-order valence-electron chi connectivity index (χ2n) is 5.76. The molecular formula is C17H24N2O4. The second kappa shape index (κ2) is 9.27. The number of carbonyl (C=O) groups is 2. The molecule has 0 aromatic heterocycles. The Morgan fingerprint density at radius 2 is 2.09 bits per heavy atom. The highest BCUT2D eigenvalue weighted by Crippen LogP contribution is 2.15. The largest absolute Gasteiger partial charge is 0.480 e. The Kier molecular flexibility index (Phi) is 7.03. The Morgan fingerprint density at radius 1 is 1.30 bits per heavy atom. The summed E-state index contributed by atoms with van der Waals surface area (Å²) in [5, 5.41) is 12.1. The van der Waals surface area contributed by atoms with Crippen LogP contribution >= 0.6 is 0 Å². The fourth-order valence-corrected chi connectivity index (χ4v) is 2.78. The van der Waals surface area contributed by atoms with E-state index >= 15 is 0 Å². The lowest BCUT2D eigenvalue weighted by atomic mass is 10.2. The molecule has 1 fully saturated rings. The quantitative estimate of drug-likeness (QED) is 0.527. The summed E-state index contributed by atoms with van der Waals surface area (Å²) in [6.45, 7) is 2.47. The van der Waals surface area contributed by atoms with E-state index in [1.165, 1.54) is 0 Å². The first kappa shape index (κ1) is 17.4. The van der Waals surface area contributed by atoms with Crippen LogP contribution in [0.4, 0.5) is 0 Å². The number of likely N-dealkylation sites (tertiary alicyclic amines) is 1. The molecule has 0 radical (unpaired) electrons. The zero-order valence-corrected chi connectivity index (χ0v) is 13.2. The number of nitrogens with one attached hydrogen (secondary N) is 1. The van der Waals surface area contributed by atoms with Gasteiger partial charge in [-0.15, -0.1) is 0 Å². The molecule has 1 saturated heterocycles. The first-order chi connectivity index (χ1) is 11.1. The summed E-state index contributed by atoms with van der Waals surface area (Å²) in [5.74, 6) is -1.02. The Hall–Kier alpha value is -1.92. The van der Waals surface area contributed by atoms with Crippen molar-refractivity contribution in [3.63, 3.8) is 0 Å². The summed E-state index contributed by atoms with van der Waals surface area (Å²) >= 11 is 0. The molecule has 1 heterocycles. The van der Waals surface area contributed by atoms with Gasteiger partial charge in [-0.25, -0.2) is 0 Å². The third kappa shape index (κ3) is 6.38. The van der Waals surface area contributed by atoms with Gasteiger partial charge in [0.05, 0.1) is 13.0 Å². The van der Waals surface area contributed by atoms with Gasteiger partial charge in [0.15, 0.2) is 0 Å². The van der Waals surface area contributed by atoms with Gasteiger partial charge in [0.1, 0.15) is 6.61 Å². The fourth-order valence-electron chi connectivity index (χ4n) is 2.78. The van der Waals surface area contributed by atoms with Gasteiger partial charge in [-0.05, 0) is 24.9 Å². The number of carbonyl (C=O) groups excluding carboxylic acids is 1. The molecule has 1 aromatic carbocycles. The van der Waals surface area contributed by atoms with Crippen molar-refractivity contribution in [2.75, 3.05) is 26.2 Å². The zero-order chi connectivity index (χ0) is 16.5. The molecule has 0 amide bonds. The minimum Gasteiger partial charge on any atom is -0.480 e. The van der Waals surface area contributed by atoms with E-state index in [2.05, 4.69) is 5.32 Å². The van der Waals surface area contributed by atoms with E-state index in [1.54, 1.807) is 0 Å². The molecule has 0 spiro atoms. The normalized spacial score (nSPS) is 18.0. The van der Waals surface area contributed by atoms with Crippen LogP contribution in [0, 0.1) is 0 Å². The molecule has 0 bridgehead atoms. The lowest BCUT2D eigenvalue weighted by molar-refractivity contribution is -0.144. The molecule has 6 nitrogen and oxygen atoms in total. The molecule has 23 heavy (non-hydrogen) atoms. The molecule has 1 unspecified atom stereocenters. The van der Waals surface area contributed by atoms with Crippen LogP contribution in [0.5, 0.6) is 0 Å². The molecule has 1 atom stereocenters. The van der Waals surface area contributed by atoms with Gasteiger partial charge in [0, 0.05) is 19.1 Å². The van der Waals surface area contributed by atoms with Gasteiger partial charge < -0.3 is 15.2 Å². The highest BCUT2D eigenvalue weighted by Gasteiger charge is 2.25. The molecule has 0 saturated carbocycles. The van der Waals surface area contributed by atoms with Crippen LogP contribution in [0.1, 0.15) is 24.8 Å². The summed E-state index contributed by atoms with van der Waals surface area (Å²) in [6.07, 6.45) is 2.34. The number of hydrogen-bond donors (Lipinski definition) is 2. The van der Waals surface area contributed by atoms with Gasteiger partial charge in [0.2, 0.25) is 0 Å². The van der Waals surface area contributed by atoms with Crippen LogP contribution in [-0.4, -0.2) is 54.2 Å². The standard InChI is InChI=1S/C17H24N2O4/c20-16(21)12-19-10-4-7-15(19)11-18-9-8-17(22)23-13-14-5-2-1-3-6-14/h1-3,5-6,15,18H,4,7-13H2,(H,20,21). The van der Waals surface area contributed by atoms with Crippen LogP contribution in [0.2, 0.25) is 0 Å².